The Hall–Kier alpha value is -2.21. The van der Waals surface area contributed by atoms with Gasteiger partial charge in [-0.1, -0.05) is 11.6 Å². The Morgan fingerprint density at radius 3 is 2.64 bits per heavy atom. The normalized spacial score (nSPS) is 10.6. The summed E-state index contributed by atoms with van der Waals surface area (Å²) in [6.07, 6.45) is 4.80. The van der Waals surface area contributed by atoms with Crippen LogP contribution in [0.4, 0.5) is 0 Å². The number of carbonyl (C=O) groups is 2. The molecule has 1 amide bonds. The Balaban J connectivity index is 2.53. The van der Waals surface area contributed by atoms with Crippen molar-refractivity contribution >= 4 is 29.6 Å². The van der Waals surface area contributed by atoms with E-state index in [9.17, 15) is 9.59 Å². The van der Waals surface area contributed by atoms with E-state index in [1.165, 1.54) is 20.3 Å². The van der Waals surface area contributed by atoms with Gasteiger partial charge in [0.15, 0.2) is 11.5 Å². The van der Waals surface area contributed by atoms with E-state index in [1.54, 1.807) is 18.2 Å². The molecule has 7 heteroatoms. The van der Waals surface area contributed by atoms with Crippen molar-refractivity contribution < 1.29 is 23.8 Å². The standard InChI is InChI=1S/C18H24ClNO5/c1-4-25-18-14(19)11-13(12-15(18)23-2)8-9-16(21)20-10-6-5-7-17(22)24-3/h8-9,11-12H,4-7,10H2,1-3H3,(H,20,21)/b9-8+. The fourth-order valence-electron chi connectivity index (χ4n) is 2.06. The molecule has 0 heterocycles. The SMILES string of the molecule is CCOc1c(Cl)cc(/C=C/C(=O)NCCCCC(=O)OC)cc1OC. The first-order valence-corrected chi connectivity index (χ1v) is 8.42. The highest BCUT2D eigenvalue weighted by Gasteiger charge is 2.10. The molecule has 1 rings (SSSR count). The molecule has 0 spiro atoms. The van der Waals surface area contributed by atoms with Gasteiger partial charge in [-0.3, -0.25) is 9.59 Å². The summed E-state index contributed by atoms with van der Waals surface area (Å²) in [6, 6.07) is 3.45. The van der Waals surface area contributed by atoms with Gasteiger partial charge in [0.05, 0.1) is 25.8 Å². The number of rotatable bonds is 10. The van der Waals surface area contributed by atoms with Crippen LogP contribution in [-0.4, -0.2) is 39.2 Å². The molecule has 0 unspecified atom stereocenters. The van der Waals surface area contributed by atoms with E-state index in [4.69, 9.17) is 21.1 Å². The van der Waals surface area contributed by atoms with Gasteiger partial charge in [0.2, 0.25) is 5.91 Å². The zero-order chi connectivity index (χ0) is 18.7. The first-order valence-electron chi connectivity index (χ1n) is 8.04. The lowest BCUT2D eigenvalue weighted by molar-refractivity contribution is -0.140. The first kappa shape index (κ1) is 20.8. The van der Waals surface area contributed by atoms with Crippen molar-refractivity contribution in [1.29, 1.82) is 0 Å². The van der Waals surface area contributed by atoms with Gasteiger partial charge in [0, 0.05) is 19.0 Å². The van der Waals surface area contributed by atoms with Crippen LogP contribution in [0.15, 0.2) is 18.2 Å². The summed E-state index contributed by atoms with van der Waals surface area (Å²) < 4.78 is 15.3. The molecule has 1 N–H and O–H groups in total. The van der Waals surface area contributed by atoms with Crippen molar-refractivity contribution in [1.82, 2.24) is 5.32 Å². The van der Waals surface area contributed by atoms with Crippen LogP contribution in [-0.2, 0) is 14.3 Å². The molecule has 0 aliphatic rings. The van der Waals surface area contributed by atoms with E-state index < -0.39 is 0 Å². The van der Waals surface area contributed by atoms with Gasteiger partial charge in [0.1, 0.15) is 0 Å². The number of nitrogens with one attached hydrogen (secondary N) is 1. The summed E-state index contributed by atoms with van der Waals surface area (Å²) in [6.45, 7) is 2.83. The van der Waals surface area contributed by atoms with Crippen molar-refractivity contribution in [2.45, 2.75) is 26.2 Å². The summed E-state index contributed by atoms with van der Waals surface area (Å²) >= 11 is 6.19. The molecular formula is C18H24ClNO5. The summed E-state index contributed by atoms with van der Waals surface area (Å²) in [5.74, 6) is 0.533. The number of hydrogen-bond donors (Lipinski definition) is 1. The molecule has 0 radical (unpaired) electrons. The molecule has 0 bridgehead atoms. The first-order chi connectivity index (χ1) is 12.0. The van der Waals surface area contributed by atoms with Crippen LogP contribution in [0.1, 0.15) is 31.7 Å². The maximum absolute atomic E-state index is 11.8. The van der Waals surface area contributed by atoms with Crippen molar-refractivity contribution in [3.63, 3.8) is 0 Å². The molecule has 0 aliphatic heterocycles. The summed E-state index contributed by atoms with van der Waals surface area (Å²) in [7, 11) is 2.89. The largest absolute Gasteiger partial charge is 0.493 e. The lowest BCUT2D eigenvalue weighted by atomic mass is 10.2. The maximum Gasteiger partial charge on any atom is 0.305 e. The second-order valence-corrected chi connectivity index (χ2v) is 5.53. The van der Waals surface area contributed by atoms with Crippen LogP contribution in [0.2, 0.25) is 5.02 Å². The van der Waals surface area contributed by atoms with E-state index in [-0.39, 0.29) is 11.9 Å². The van der Waals surface area contributed by atoms with Gasteiger partial charge in [-0.2, -0.15) is 0 Å². The molecular weight excluding hydrogens is 346 g/mol. The number of ether oxygens (including phenoxy) is 3. The summed E-state index contributed by atoms with van der Waals surface area (Å²) in [4.78, 5) is 22.8. The third-order valence-corrected chi connectivity index (χ3v) is 3.58. The minimum Gasteiger partial charge on any atom is -0.493 e. The highest BCUT2D eigenvalue weighted by molar-refractivity contribution is 6.32. The fourth-order valence-corrected chi connectivity index (χ4v) is 2.33. The Morgan fingerprint density at radius 2 is 2.00 bits per heavy atom. The maximum atomic E-state index is 11.8. The number of esters is 1. The predicted molar refractivity (Wildman–Crippen MR) is 97.1 cm³/mol. The Labute approximate surface area is 153 Å². The Kier molecular flexibility index (Phi) is 9.47. The molecule has 0 saturated carbocycles. The zero-order valence-electron chi connectivity index (χ0n) is 14.8. The molecule has 0 aliphatic carbocycles. The molecule has 1 aromatic carbocycles. The topological polar surface area (TPSA) is 73.9 Å². The Morgan fingerprint density at radius 1 is 1.24 bits per heavy atom. The Bertz CT molecular complexity index is 616. The van der Waals surface area contributed by atoms with Crippen molar-refractivity contribution in [3.05, 3.63) is 28.8 Å². The minimum atomic E-state index is -0.243. The lowest BCUT2D eigenvalue weighted by Crippen LogP contribution is -2.22. The summed E-state index contributed by atoms with van der Waals surface area (Å²) in [5, 5.41) is 3.17. The van der Waals surface area contributed by atoms with Crippen molar-refractivity contribution in [2.24, 2.45) is 0 Å². The predicted octanol–water partition coefficient (Wildman–Crippen LogP) is 3.22. The second kappa shape index (κ2) is 11.4. The molecule has 0 atom stereocenters. The molecule has 0 saturated heterocycles. The average molecular weight is 370 g/mol. The third kappa shape index (κ3) is 7.47. The van der Waals surface area contributed by atoms with Crippen LogP contribution in [0.25, 0.3) is 6.08 Å². The molecule has 1 aromatic rings. The van der Waals surface area contributed by atoms with Gasteiger partial charge in [0.25, 0.3) is 0 Å². The van der Waals surface area contributed by atoms with Gasteiger partial charge in [-0.05, 0) is 43.5 Å². The van der Waals surface area contributed by atoms with Crippen LogP contribution < -0.4 is 14.8 Å². The van der Waals surface area contributed by atoms with Gasteiger partial charge in [-0.15, -0.1) is 0 Å². The van der Waals surface area contributed by atoms with E-state index in [0.29, 0.717) is 48.9 Å². The van der Waals surface area contributed by atoms with E-state index >= 15 is 0 Å². The highest BCUT2D eigenvalue weighted by atomic mass is 35.5. The van der Waals surface area contributed by atoms with Gasteiger partial charge < -0.3 is 19.5 Å². The van der Waals surface area contributed by atoms with Crippen LogP contribution in [0.5, 0.6) is 11.5 Å². The number of benzene rings is 1. The highest BCUT2D eigenvalue weighted by Crippen LogP contribution is 2.36. The smallest absolute Gasteiger partial charge is 0.305 e. The number of halogens is 1. The van der Waals surface area contributed by atoms with Gasteiger partial charge in [-0.25, -0.2) is 0 Å². The minimum absolute atomic E-state index is 0.220. The number of methoxy groups -OCH3 is 2. The summed E-state index contributed by atoms with van der Waals surface area (Å²) in [5.41, 5.74) is 0.728. The van der Waals surface area contributed by atoms with E-state index in [1.807, 2.05) is 6.92 Å². The monoisotopic (exact) mass is 369 g/mol. The fraction of sp³-hybridized carbons (Fsp3) is 0.444. The van der Waals surface area contributed by atoms with E-state index in [0.717, 1.165) is 5.56 Å². The van der Waals surface area contributed by atoms with Crippen LogP contribution in [0, 0.1) is 0 Å². The van der Waals surface area contributed by atoms with Crippen LogP contribution >= 0.6 is 11.6 Å². The number of carbonyl (C=O) groups excluding carboxylic acids is 2. The van der Waals surface area contributed by atoms with Crippen molar-refractivity contribution in [3.8, 4) is 11.5 Å². The number of amides is 1. The third-order valence-electron chi connectivity index (χ3n) is 3.30. The quantitative estimate of drug-likeness (QED) is 0.389. The second-order valence-electron chi connectivity index (χ2n) is 5.12. The lowest BCUT2D eigenvalue weighted by Gasteiger charge is -2.11. The number of unbranched alkanes of at least 4 members (excludes halogenated alkanes) is 1. The zero-order valence-corrected chi connectivity index (χ0v) is 15.5. The molecule has 138 valence electrons. The number of hydrogen-bond acceptors (Lipinski definition) is 5. The molecule has 6 nitrogen and oxygen atoms in total. The average Bonchev–Trinajstić information content (AvgIpc) is 2.61. The van der Waals surface area contributed by atoms with Crippen molar-refractivity contribution in [2.75, 3.05) is 27.4 Å². The van der Waals surface area contributed by atoms with Crippen LogP contribution in [0.3, 0.4) is 0 Å². The van der Waals surface area contributed by atoms with E-state index in [2.05, 4.69) is 10.1 Å². The molecule has 0 fully saturated rings. The molecule has 25 heavy (non-hydrogen) atoms. The van der Waals surface area contributed by atoms with Gasteiger partial charge >= 0.3 is 5.97 Å². The molecule has 0 aromatic heterocycles.